The van der Waals surface area contributed by atoms with Crippen molar-refractivity contribution < 1.29 is 4.79 Å². The highest BCUT2D eigenvalue weighted by atomic mass is 16.2. The number of nitrogens with one attached hydrogen (secondary N) is 1. The van der Waals surface area contributed by atoms with Crippen LogP contribution in [0, 0.1) is 0 Å². The summed E-state index contributed by atoms with van der Waals surface area (Å²) in [6, 6.07) is 0.374. The monoisotopic (exact) mass is 248 g/mol. The largest absolute Gasteiger partial charge is 0.341 e. The van der Waals surface area contributed by atoms with Gasteiger partial charge in [-0.1, -0.05) is 0 Å². The smallest absolute Gasteiger partial charge is 0.242 e. The van der Waals surface area contributed by atoms with Gasteiger partial charge < -0.3 is 14.8 Å². The molecular formula is C13H20N4O. The summed E-state index contributed by atoms with van der Waals surface area (Å²) in [6.07, 6.45) is 8.31. The minimum atomic E-state index is 0.227. The van der Waals surface area contributed by atoms with Gasteiger partial charge in [0.25, 0.3) is 0 Å². The summed E-state index contributed by atoms with van der Waals surface area (Å²) in [5.41, 5.74) is 1.15. The van der Waals surface area contributed by atoms with Gasteiger partial charge in [-0.15, -0.1) is 0 Å². The topological polar surface area (TPSA) is 50.2 Å². The first-order valence-electron chi connectivity index (χ1n) is 6.86. The van der Waals surface area contributed by atoms with Crippen LogP contribution in [0.15, 0.2) is 12.5 Å². The van der Waals surface area contributed by atoms with Crippen molar-refractivity contribution in [2.75, 3.05) is 19.6 Å². The molecule has 0 aliphatic carbocycles. The number of rotatable bonds is 3. The molecule has 0 spiro atoms. The normalized spacial score (nSPS) is 23.8. The van der Waals surface area contributed by atoms with Gasteiger partial charge in [-0.05, 0) is 32.2 Å². The number of carbonyl (C=O) groups is 1. The molecule has 0 saturated carbocycles. The van der Waals surface area contributed by atoms with Crippen molar-refractivity contribution >= 4 is 5.91 Å². The third kappa shape index (κ3) is 2.27. The van der Waals surface area contributed by atoms with Crippen LogP contribution < -0.4 is 5.32 Å². The average molecular weight is 248 g/mol. The van der Waals surface area contributed by atoms with E-state index in [0.717, 1.165) is 44.6 Å². The molecule has 2 fully saturated rings. The SMILES string of the molecule is O=C(Cn1cncc1[C@@H]1CCCN1)N1CCCC1. The van der Waals surface area contributed by atoms with Crippen LogP contribution in [0.2, 0.25) is 0 Å². The Morgan fingerprint density at radius 3 is 2.94 bits per heavy atom. The zero-order valence-corrected chi connectivity index (χ0v) is 10.6. The first-order chi connectivity index (χ1) is 8.84. The lowest BCUT2D eigenvalue weighted by Gasteiger charge is -2.18. The molecule has 1 aromatic rings. The molecule has 5 heteroatoms. The van der Waals surface area contributed by atoms with E-state index in [9.17, 15) is 4.79 Å². The number of nitrogens with zero attached hydrogens (tertiary/aromatic N) is 3. The molecule has 2 aliphatic heterocycles. The molecule has 98 valence electrons. The fourth-order valence-corrected chi connectivity index (χ4v) is 2.90. The molecule has 1 aromatic heterocycles. The molecule has 0 aromatic carbocycles. The third-order valence-corrected chi connectivity index (χ3v) is 3.93. The summed E-state index contributed by atoms with van der Waals surface area (Å²) in [6.45, 7) is 3.35. The van der Waals surface area contributed by atoms with Gasteiger partial charge in [0.05, 0.1) is 12.0 Å². The van der Waals surface area contributed by atoms with Crippen LogP contribution in [0.1, 0.15) is 37.4 Å². The van der Waals surface area contributed by atoms with E-state index in [0.29, 0.717) is 12.6 Å². The number of aromatic nitrogens is 2. The molecule has 0 unspecified atom stereocenters. The highest BCUT2D eigenvalue weighted by molar-refractivity contribution is 5.76. The van der Waals surface area contributed by atoms with Crippen LogP contribution in [-0.4, -0.2) is 40.0 Å². The molecule has 18 heavy (non-hydrogen) atoms. The number of amides is 1. The Bertz CT molecular complexity index is 416. The van der Waals surface area contributed by atoms with E-state index in [1.165, 1.54) is 6.42 Å². The quantitative estimate of drug-likeness (QED) is 0.865. The van der Waals surface area contributed by atoms with Gasteiger partial charge in [-0.25, -0.2) is 4.98 Å². The Labute approximate surface area is 107 Å². The molecule has 0 bridgehead atoms. The summed E-state index contributed by atoms with van der Waals surface area (Å²) < 4.78 is 2.00. The zero-order valence-electron chi connectivity index (χ0n) is 10.6. The molecule has 5 nitrogen and oxygen atoms in total. The van der Waals surface area contributed by atoms with Gasteiger partial charge in [0.15, 0.2) is 0 Å². The maximum Gasteiger partial charge on any atom is 0.242 e. The van der Waals surface area contributed by atoms with Gasteiger partial charge >= 0.3 is 0 Å². The standard InChI is InChI=1S/C13H20N4O/c18-13(16-6-1-2-7-16)9-17-10-14-8-12(17)11-4-3-5-15-11/h8,10-11,15H,1-7,9H2/t11-/m0/s1. The van der Waals surface area contributed by atoms with Crippen molar-refractivity contribution in [1.82, 2.24) is 19.8 Å². The average Bonchev–Trinajstić information content (AvgIpc) is 3.11. The highest BCUT2D eigenvalue weighted by Crippen LogP contribution is 2.22. The minimum Gasteiger partial charge on any atom is -0.341 e. The van der Waals surface area contributed by atoms with E-state index in [4.69, 9.17) is 0 Å². The van der Waals surface area contributed by atoms with Gasteiger partial charge in [0.1, 0.15) is 6.54 Å². The van der Waals surface area contributed by atoms with Crippen molar-refractivity contribution in [2.45, 2.75) is 38.3 Å². The van der Waals surface area contributed by atoms with Crippen LogP contribution in [0.4, 0.5) is 0 Å². The van der Waals surface area contributed by atoms with E-state index in [2.05, 4.69) is 10.3 Å². The van der Waals surface area contributed by atoms with Crippen LogP contribution in [0.25, 0.3) is 0 Å². The molecule has 2 saturated heterocycles. The van der Waals surface area contributed by atoms with E-state index in [1.807, 2.05) is 15.7 Å². The van der Waals surface area contributed by atoms with Crippen LogP contribution in [-0.2, 0) is 11.3 Å². The van der Waals surface area contributed by atoms with E-state index < -0.39 is 0 Å². The lowest BCUT2D eigenvalue weighted by molar-refractivity contribution is -0.130. The Kier molecular flexibility index (Phi) is 3.32. The van der Waals surface area contributed by atoms with Crippen molar-refractivity contribution in [3.8, 4) is 0 Å². The van der Waals surface area contributed by atoms with E-state index in [1.54, 1.807) is 6.33 Å². The van der Waals surface area contributed by atoms with Crippen molar-refractivity contribution in [3.05, 3.63) is 18.2 Å². The highest BCUT2D eigenvalue weighted by Gasteiger charge is 2.23. The predicted octanol–water partition coefficient (Wildman–Crippen LogP) is 0.930. The Morgan fingerprint density at radius 1 is 1.39 bits per heavy atom. The fraction of sp³-hybridized carbons (Fsp3) is 0.692. The summed E-state index contributed by atoms with van der Waals surface area (Å²) >= 11 is 0. The summed E-state index contributed by atoms with van der Waals surface area (Å²) in [5, 5.41) is 3.46. The minimum absolute atomic E-state index is 0.227. The molecule has 3 rings (SSSR count). The van der Waals surface area contributed by atoms with Crippen molar-refractivity contribution in [3.63, 3.8) is 0 Å². The maximum absolute atomic E-state index is 12.1. The predicted molar refractivity (Wildman–Crippen MR) is 68.0 cm³/mol. The fourth-order valence-electron chi connectivity index (χ4n) is 2.90. The third-order valence-electron chi connectivity index (χ3n) is 3.93. The number of hydrogen-bond acceptors (Lipinski definition) is 3. The van der Waals surface area contributed by atoms with Crippen molar-refractivity contribution in [1.29, 1.82) is 0 Å². The number of hydrogen-bond donors (Lipinski definition) is 1. The van der Waals surface area contributed by atoms with E-state index >= 15 is 0 Å². The first kappa shape index (κ1) is 11.7. The van der Waals surface area contributed by atoms with Gasteiger partial charge in [-0.3, -0.25) is 4.79 Å². The number of likely N-dealkylation sites (tertiary alicyclic amines) is 1. The van der Waals surface area contributed by atoms with Crippen LogP contribution in [0.5, 0.6) is 0 Å². The van der Waals surface area contributed by atoms with Crippen LogP contribution in [0.3, 0.4) is 0 Å². The second-order valence-corrected chi connectivity index (χ2v) is 5.18. The molecule has 2 aliphatic rings. The first-order valence-corrected chi connectivity index (χ1v) is 6.86. The van der Waals surface area contributed by atoms with Gasteiger partial charge in [0, 0.05) is 25.3 Å². The van der Waals surface area contributed by atoms with Gasteiger partial charge in [-0.2, -0.15) is 0 Å². The Morgan fingerprint density at radius 2 is 2.22 bits per heavy atom. The van der Waals surface area contributed by atoms with Gasteiger partial charge in [0.2, 0.25) is 5.91 Å². The Hall–Kier alpha value is -1.36. The molecule has 1 atom stereocenters. The second kappa shape index (κ2) is 5.10. The molecule has 1 amide bonds. The second-order valence-electron chi connectivity index (χ2n) is 5.18. The molecule has 1 N–H and O–H groups in total. The number of imidazole rings is 1. The van der Waals surface area contributed by atoms with Crippen molar-refractivity contribution in [2.24, 2.45) is 0 Å². The molecular weight excluding hydrogens is 228 g/mol. The lowest BCUT2D eigenvalue weighted by Crippen LogP contribution is -2.31. The number of carbonyl (C=O) groups excluding carboxylic acids is 1. The Balaban J connectivity index is 1.68. The van der Waals surface area contributed by atoms with Crippen LogP contribution >= 0.6 is 0 Å². The lowest BCUT2D eigenvalue weighted by atomic mass is 10.2. The summed E-state index contributed by atoms with van der Waals surface area (Å²) in [4.78, 5) is 18.3. The zero-order chi connectivity index (χ0) is 12.4. The summed E-state index contributed by atoms with van der Waals surface area (Å²) in [7, 11) is 0. The molecule has 0 radical (unpaired) electrons. The maximum atomic E-state index is 12.1. The summed E-state index contributed by atoms with van der Waals surface area (Å²) in [5.74, 6) is 0.227. The molecule has 3 heterocycles. The van der Waals surface area contributed by atoms with E-state index in [-0.39, 0.29) is 5.91 Å².